The number of aromatic nitrogens is 1. The van der Waals surface area contributed by atoms with Crippen molar-refractivity contribution in [3.8, 4) is 95.7 Å². The summed E-state index contributed by atoms with van der Waals surface area (Å²) in [5, 5.41) is 33.6. The fourth-order valence-corrected chi connectivity index (χ4v) is 6.80. The average molecular weight is 1010 g/mol. The molecule has 73 heavy (non-hydrogen) atoms. The first-order valence-electron chi connectivity index (χ1n) is 22.9. The topological polar surface area (TPSA) is 220 Å². The van der Waals surface area contributed by atoms with Gasteiger partial charge in [-0.2, -0.15) is 0 Å². The van der Waals surface area contributed by atoms with Crippen LogP contribution in [0.2, 0.25) is 0 Å². The number of carboxylic acids is 2. The third-order valence-electron chi connectivity index (χ3n) is 9.54. The second-order valence-electron chi connectivity index (χ2n) is 15.1. The van der Waals surface area contributed by atoms with Gasteiger partial charge in [0.05, 0.1) is 81.6 Å². The fourth-order valence-electron chi connectivity index (χ4n) is 5.92. The van der Waals surface area contributed by atoms with Gasteiger partial charge in [0.1, 0.15) is 11.8 Å². The van der Waals surface area contributed by atoms with E-state index >= 15 is 0 Å². The van der Waals surface area contributed by atoms with Crippen molar-refractivity contribution in [1.82, 2.24) is 15.6 Å². The van der Waals surface area contributed by atoms with Crippen LogP contribution in [0.3, 0.4) is 0 Å². The van der Waals surface area contributed by atoms with Gasteiger partial charge in [0.15, 0.2) is 0 Å². The summed E-state index contributed by atoms with van der Waals surface area (Å²) < 4.78 is 29.8. The van der Waals surface area contributed by atoms with Crippen molar-refractivity contribution < 1.29 is 53.1 Å². The number of carbonyl (C=O) groups is 4. The SMILES string of the molecule is C#CC#CC#CC#CC(CC(=O)NCCCOCCOCCOCCN(CCOCCOCCCNC(=O)CC(C#CC#CC#CC#C)C(=O)O)c1ccc(/N=N/c2nc3ccc(C)cc3s2)c(C)c1)C(=O)O. The number of benzene rings is 2. The van der Waals surface area contributed by atoms with E-state index in [-0.39, 0.29) is 12.8 Å². The highest BCUT2D eigenvalue weighted by molar-refractivity contribution is 7.21. The number of thiazole rings is 1. The molecule has 0 fully saturated rings. The van der Waals surface area contributed by atoms with Crippen LogP contribution in [-0.4, -0.2) is 131 Å². The lowest BCUT2D eigenvalue weighted by molar-refractivity contribution is -0.142. The zero-order valence-corrected chi connectivity index (χ0v) is 41.6. The number of rotatable bonds is 32. The number of nitrogens with zero attached hydrogens (tertiary/aromatic N) is 4. The quantitative estimate of drug-likeness (QED) is 0.0379. The number of carbonyl (C=O) groups excluding carboxylic acids is 2. The molecule has 4 N–H and O–H groups in total. The minimum absolute atomic E-state index is 0.299. The number of hydrogen-bond donors (Lipinski definition) is 4. The minimum Gasteiger partial charge on any atom is -0.480 e. The lowest BCUT2D eigenvalue weighted by Crippen LogP contribution is -2.31. The van der Waals surface area contributed by atoms with E-state index < -0.39 is 35.6 Å². The third kappa shape index (κ3) is 26.6. The smallest absolute Gasteiger partial charge is 0.319 e. The molecule has 0 saturated heterocycles. The van der Waals surface area contributed by atoms with Gasteiger partial charge < -0.3 is 49.4 Å². The zero-order valence-electron chi connectivity index (χ0n) is 40.8. The van der Waals surface area contributed by atoms with E-state index in [0.717, 1.165) is 32.7 Å². The molecule has 2 amide bonds. The average Bonchev–Trinajstić information content (AvgIpc) is 3.78. The van der Waals surface area contributed by atoms with Crippen LogP contribution in [0.4, 0.5) is 16.5 Å². The Morgan fingerprint density at radius 3 is 1.60 bits per heavy atom. The highest BCUT2D eigenvalue weighted by Gasteiger charge is 2.20. The highest BCUT2D eigenvalue weighted by Crippen LogP contribution is 2.31. The monoisotopic (exact) mass is 1010 g/mol. The summed E-state index contributed by atoms with van der Waals surface area (Å²) in [6.45, 7) is 9.43. The number of anilines is 1. The van der Waals surface area contributed by atoms with Gasteiger partial charge in [-0.05, 0) is 139 Å². The lowest BCUT2D eigenvalue weighted by Gasteiger charge is -2.25. The number of azo groups is 1. The fraction of sp³-hybridized carbons (Fsp3) is 0.400. The molecule has 0 radical (unpaired) electrons. The van der Waals surface area contributed by atoms with Crippen molar-refractivity contribution >= 4 is 61.8 Å². The Bertz CT molecular complexity index is 2830. The van der Waals surface area contributed by atoms with Crippen molar-refractivity contribution in [2.75, 3.05) is 97.1 Å². The van der Waals surface area contributed by atoms with E-state index in [1.165, 1.54) is 11.3 Å². The van der Waals surface area contributed by atoms with Gasteiger partial charge >= 0.3 is 11.9 Å². The molecule has 17 nitrogen and oxygen atoms in total. The standard InChI is InChI=1S/C55H56N6O11S/c1-5-7-9-11-13-15-19-45(53(64)65)41-51(62)56-25-17-29-68-33-35-70-31-27-61(47-22-24-48(44(4)40-47)59-60-55-58-49-23-21-43(3)39-50(49)73-55)28-32-71-36-38-72-37-34-69-30-18-26-57-52(63)42-46(54(66)67)20-16-14-12-10-8-6-2/h1-2,21-24,39-40,45-46H,17-18,25-38,41-42H2,3-4H3,(H,56,62)(H,57,63)(H,64,65)(H,66,67)/b60-59+. The van der Waals surface area contributed by atoms with Crippen LogP contribution in [0.25, 0.3) is 10.2 Å². The van der Waals surface area contributed by atoms with Gasteiger partial charge in [-0.1, -0.05) is 29.2 Å². The molecule has 2 atom stereocenters. The molecule has 0 aliphatic rings. The number of ether oxygens (including phenoxy) is 5. The number of hydrogen-bond acceptors (Lipinski definition) is 14. The van der Waals surface area contributed by atoms with Gasteiger partial charge in [0.2, 0.25) is 16.9 Å². The maximum Gasteiger partial charge on any atom is 0.319 e. The summed E-state index contributed by atoms with van der Waals surface area (Å²) in [6.07, 6.45) is 10.4. The predicted octanol–water partition coefficient (Wildman–Crippen LogP) is 4.70. The summed E-state index contributed by atoms with van der Waals surface area (Å²) in [5.41, 5.74) is 4.65. The molecule has 2 aromatic carbocycles. The van der Waals surface area contributed by atoms with Crippen molar-refractivity contribution in [1.29, 1.82) is 0 Å². The summed E-state index contributed by atoms with van der Waals surface area (Å²) >= 11 is 1.49. The molecule has 378 valence electrons. The summed E-state index contributed by atoms with van der Waals surface area (Å²) in [6, 6.07) is 12.0. The van der Waals surface area contributed by atoms with Gasteiger partial charge in [0, 0.05) is 45.1 Å². The molecule has 3 aromatic rings. The van der Waals surface area contributed by atoms with Crippen LogP contribution >= 0.6 is 11.3 Å². The summed E-state index contributed by atoms with van der Waals surface area (Å²) in [4.78, 5) is 54.1. The molecule has 0 aliphatic heterocycles. The lowest BCUT2D eigenvalue weighted by atomic mass is 10.1. The summed E-state index contributed by atoms with van der Waals surface area (Å²) in [7, 11) is 0. The van der Waals surface area contributed by atoms with Crippen LogP contribution in [0.15, 0.2) is 46.6 Å². The van der Waals surface area contributed by atoms with Gasteiger partial charge in [-0.25, -0.2) is 4.98 Å². The number of nitrogens with one attached hydrogen (secondary N) is 2. The minimum atomic E-state index is -1.23. The Morgan fingerprint density at radius 2 is 1.11 bits per heavy atom. The van der Waals surface area contributed by atoms with E-state index in [4.69, 9.17) is 36.5 Å². The Kier molecular flexibility index (Phi) is 29.8. The van der Waals surface area contributed by atoms with Crippen LogP contribution in [-0.2, 0) is 42.9 Å². The Labute approximate surface area is 430 Å². The van der Waals surface area contributed by atoms with E-state index in [1.54, 1.807) is 0 Å². The molecular formula is C55H56N6O11S. The first kappa shape index (κ1) is 59.2. The second kappa shape index (κ2) is 36.8. The van der Waals surface area contributed by atoms with Crippen molar-refractivity contribution in [2.24, 2.45) is 22.1 Å². The normalized spacial score (nSPS) is 10.8. The number of carboxylic acid groups (broad SMARTS) is 2. The maximum atomic E-state index is 12.3. The van der Waals surface area contributed by atoms with Crippen molar-refractivity contribution in [2.45, 2.75) is 39.5 Å². The summed E-state index contributed by atoms with van der Waals surface area (Å²) in [5.74, 6) is 26.9. The van der Waals surface area contributed by atoms with E-state index in [2.05, 4.69) is 120 Å². The van der Waals surface area contributed by atoms with Crippen molar-refractivity contribution in [3.63, 3.8) is 0 Å². The number of fused-ring (bicyclic) bond motifs is 1. The molecule has 1 aromatic heterocycles. The van der Waals surface area contributed by atoms with Crippen LogP contribution in [0, 0.1) is 121 Å². The molecular weight excluding hydrogens is 953 g/mol. The van der Waals surface area contributed by atoms with Gasteiger partial charge in [-0.15, -0.1) is 23.1 Å². The first-order chi connectivity index (χ1) is 35.5. The Morgan fingerprint density at radius 1 is 0.630 bits per heavy atom. The molecule has 3 rings (SSSR count). The van der Waals surface area contributed by atoms with Crippen LogP contribution < -0.4 is 15.5 Å². The molecule has 0 aliphatic carbocycles. The molecule has 2 unspecified atom stereocenters. The molecule has 18 heteroatoms. The molecule has 0 saturated carbocycles. The van der Waals surface area contributed by atoms with Crippen molar-refractivity contribution in [3.05, 3.63) is 47.5 Å². The number of terminal acetylenes is 2. The first-order valence-corrected chi connectivity index (χ1v) is 23.8. The third-order valence-corrected chi connectivity index (χ3v) is 10.4. The van der Waals surface area contributed by atoms with E-state index in [1.807, 2.05) is 44.2 Å². The Hall–Kier alpha value is -8.11. The predicted molar refractivity (Wildman–Crippen MR) is 277 cm³/mol. The van der Waals surface area contributed by atoms with Crippen LogP contribution in [0.5, 0.6) is 0 Å². The number of aryl methyl sites for hydroxylation is 2. The Balaban J connectivity index is 1.37. The zero-order chi connectivity index (χ0) is 52.7. The number of aliphatic carboxylic acids is 2. The molecule has 1 heterocycles. The highest BCUT2D eigenvalue weighted by atomic mass is 32.1. The molecule has 0 spiro atoms. The van der Waals surface area contributed by atoms with Crippen LogP contribution in [0.1, 0.15) is 36.8 Å². The largest absolute Gasteiger partial charge is 0.480 e. The number of amides is 2. The second-order valence-corrected chi connectivity index (χ2v) is 16.1. The van der Waals surface area contributed by atoms with E-state index in [9.17, 15) is 29.4 Å². The maximum absolute atomic E-state index is 12.3. The molecule has 0 bridgehead atoms. The van der Waals surface area contributed by atoms with Gasteiger partial charge in [0.25, 0.3) is 0 Å². The van der Waals surface area contributed by atoms with Gasteiger partial charge in [-0.3, -0.25) is 19.2 Å². The van der Waals surface area contributed by atoms with E-state index in [0.29, 0.717) is 110 Å².